The lowest BCUT2D eigenvalue weighted by molar-refractivity contribution is -0.119. The number of phenols is 1. The summed E-state index contributed by atoms with van der Waals surface area (Å²) in [5.41, 5.74) is 1.36. The predicted octanol–water partition coefficient (Wildman–Crippen LogP) is 2.73. The van der Waals surface area contributed by atoms with Crippen LogP contribution in [0.4, 0.5) is 21.8 Å². The molecule has 27 heavy (non-hydrogen) atoms. The summed E-state index contributed by atoms with van der Waals surface area (Å²) in [5.74, 6) is 0.0191. The zero-order valence-corrected chi connectivity index (χ0v) is 15.5. The molecule has 0 bridgehead atoms. The van der Waals surface area contributed by atoms with Crippen LogP contribution >= 0.6 is 0 Å². The molecule has 2 heterocycles. The molecule has 1 atom stereocenters. The van der Waals surface area contributed by atoms with Crippen molar-refractivity contribution in [1.29, 1.82) is 0 Å². The number of amides is 1. The van der Waals surface area contributed by atoms with Crippen LogP contribution in [0, 0.1) is 5.82 Å². The number of carbonyl (C=O) groups excluding carboxylic acids is 1. The van der Waals surface area contributed by atoms with Gasteiger partial charge in [-0.1, -0.05) is 13.3 Å². The molecule has 1 aromatic heterocycles. The molecule has 1 fully saturated rings. The molecule has 1 aliphatic heterocycles. The molecule has 144 valence electrons. The smallest absolute Gasteiger partial charge is 0.229 e. The Bertz CT molecular complexity index is 830. The number of aryl methyl sites for hydroxylation is 1. The first-order valence-corrected chi connectivity index (χ1v) is 9.10. The number of aromatic hydroxyl groups is 1. The van der Waals surface area contributed by atoms with Crippen molar-refractivity contribution in [3.05, 3.63) is 35.8 Å². The third kappa shape index (κ3) is 4.84. The molecule has 1 saturated heterocycles. The number of hydrogen-bond donors (Lipinski definition) is 3. The highest BCUT2D eigenvalue weighted by Gasteiger charge is 2.24. The molecule has 7 nitrogen and oxygen atoms in total. The van der Waals surface area contributed by atoms with E-state index in [0.29, 0.717) is 18.2 Å². The number of nitrogens with zero attached hydrogens (tertiary/aromatic N) is 3. The van der Waals surface area contributed by atoms with Crippen LogP contribution in [0.3, 0.4) is 0 Å². The zero-order chi connectivity index (χ0) is 19.4. The lowest BCUT2D eigenvalue weighted by Gasteiger charge is -2.19. The van der Waals surface area contributed by atoms with Crippen LogP contribution in [0.15, 0.2) is 24.3 Å². The normalized spacial score (nSPS) is 16.4. The summed E-state index contributed by atoms with van der Waals surface area (Å²) in [6.07, 6.45) is 2.61. The van der Waals surface area contributed by atoms with Crippen LogP contribution in [-0.2, 0) is 11.2 Å². The summed E-state index contributed by atoms with van der Waals surface area (Å²) >= 11 is 0. The van der Waals surface area contributed by atoms with E-state index in [2.05, 4.69) is 32.4 Å². The topological polar surface area (TPSA) is 90.4 Å². The van der Waals surface area contributed by atoms with Crippen molar-refractivity contribution < 1.29 is 14.3 Å². The third-order valence-electron chi connectivity index (χ3n) is 4.40. The first kappa shape index (κ1) is 18.9. The lowest BCUT2D eigenvalue weighted by atomic mass is 10.2. The van der Waals surface area contributed by atoms with Crippen molar-refractivity contribution in [3.8, 4) is 5.75 Å². The number of carbonyl (C=O) groups is 1. The average Bonchev–Trinajstić information content (AvgIpc) is 3.06. The lowest BCUT2D eigenvalue weighted by Crippen LogP contribution is -2.35. The Kier molecular flexibility index (Phi) is 5.73. The molecule has 0 saturated carbocycles. The van der Waals surface area contributed by atoms with Crippen molar-refractivity contribution in [2.24, 2.45) is 0 Å². The second kappa shape index (κ2) is 8.20. The number of anilines is 3. The fourth-order valence-electron chi connectivity index (χ4n) is 3.17. The maximum atomic E-state index is 13.6. The number of benzene rings is 1. The highest BCUT2D eigenvalue weighted by atomic mass is 19.1. The molecule has 0 radical (unpaired) electrons. The summed E-state index contributed by atoms with van der Waals surface area (Å²) in [4.78, 5) is 22.5. The summed E-state index contributed by atoms with van der Waals surface area (Å²) in [6, 6.07) is 6.12. The van der Waals surface area contributed by atoms with Gasteiger partial charge in [0.2, 0.25) is 11.9 Å². The highest BCUT2D eigenvalue weighted by Crippen LogP contribution is 2.25. The van der Waals surface area contributed by atoms with E-state index < -0.39 is 11.6 Å². The molecule has 3 rings (SSSR count). The number of hydrogen-bond acceptors (Lipinski definition) is 6. The summed E-state index contributed by atoms with van der Waals surface area (Å²) in [6.45, 7) is 5.08. The van der Waals surface area contributed by atoms with E-state index in [-0.39, 0.29) is 11.9 Å². The first-order chi connectivity index (χ1) is 12.9. The van der Waals surface area contributed by atoms with Crippen molar-refractivity contribution in [3.63, 3.8) is 0 Å². The van der Waals surface area contributed by atoms with Gasteiger partial charge < -0.3 is 20.6 Å². The largest absolute Gasteiger partial charge is 0.505 e. The van der Waals surface area contributed by atoms with Crippen LogP contribution in [0.5, 0.6) is 5.75 Å². The molecular formula is C19H24FN5O2. The monoisotopic (exact) mass is 373 g/mol. The van der Waals surface area contributed by atoms with Crippen molar-refractivity contribution in [2.75, 3.05) is 23.3 Å². The van der Waals surface area contributed by atoms with Gasteiger partial charge in [-0.25, -0.2) is 9.37 Å². The number of nitrogens with one attached hydrogen (secondary N) is 2. The number of phenolic OH excluding ortho intramolecular Hbond substituents is 1. The van der Waals surface area contributed by atoms with E-state index in [1.165, 1.54) is 19.1 Å². The maximum Gasteiger partial charge on any atom is 0.229 e. The quantitative estimate of drug-likeness (QED) is 0.675. The molecule has 8 heteroatoms. The summed E-state index contributed by atoms with van der Waals surface area (Å²) in [7, 11) is 0. The molecular weight excluding hydrogens is 349 g/mol. The van der Waals surface area contributed by atoms with Crippen LogP contribution in [-0.4, -0.2) is 40.1 Å². The van der Waals surface area contributed by atoms with E-state index in [4.69, 9.17) is 0 Å². The average molecular weight is 373 g/mol. The van der Waals surface area contributed by atoms with Crippen LogP contribution < -0.4 is 15.5 Å². The maximum absolute atomic E-state index is 13.6. The molecule has 2 aromatic rings. The highest BCUT2D eigenvalue weighted by molar-refractivity contribution is 5.73. The fourth-order valence-corrected chi connectivity index (χ4v) is 3.17. The minimum absolute atomic E-state index is 0.0343. The zero-order valence-electron chi connectivity index (χ0n) is 15.5. The van der Waals surface area contributed by atoms with E-state index in [1.54, 1.807) is 6.07 Å². The Morgan fingerprint density at radius 2 is 2.19 bits per heavy atom. The SMILES string of the molecule is CCCc1cc(N2CCC(NC(C)=O)C2)nc(Nc2ccc(O)c(F)c2)n1. The summed E-state index contributed by atoms with van der Waals surface area (Å²) < 4.78 is 13.6. The van der Waals surface area contributed by atoms with Gasteiger partial charge in [-0.05, 0) is 25.0 Å². The van der Waals surface area contributed by atoms with Crippen LogP contribution in [0.25, 0.3) is 0 Å². The second-order valence-corrected chi connectivity index (χ2v) is 6.71. The Morgan fingerprint density at radius 3 is 2.89 bits per heavy atom. The van der Waals surface area contributed by atoms with Gasteiger partial charge in [0.05, 0.1) is 0 Å². The number of halogens is 1. The Hall–Kier alpha value is -2.90. The van der Waals surface area contributed by atoms with E-state index >= 15 is 0 Å². The Balaban J connectivity index is 1.82. The molecule has 3 N–H and O–H groups in total. The second-order valence-electron chi connectivity index (χ2n) is 6.71. The standard InChI is InChI=1S/C19H24FN5O2/c1-3-4-13-10-18(25-8-7-15(11-25)21-12(2)26)24-19(22-13)23-14-5-6-17(27)16(20)9-14/h5-6,9-10,15,27H,3-4,7-8,11H2,1-2H3,(H,21,26)(H,22,23,24). The van der Waals surface area contributed by atoms with Gasteiger partial charge in [0.15, 0.2) is 11.6 Å². The van der Waals surface area contributed by atoms with E-state index in [1.807, 2.05) is 6.07 Å². The number of aromatic nitrogens is 2. The minimum atomic E-state index is -0.706. The van der Waals surface area contributed by atoms with Crippen molar-refractivity contribution in [2.45, 2.75) is 39.2 Å². The molecule has 0 aliphatic carbocycles. The van der Waals surface area contributed by atoms with E-state index in [9.17, 15) is 14.3 Å². The van der Waals surface area contributed by atoms with Crippen molar-refractivity contribution in [1.82, 2.24) is 15.3 Å². The first-order valence-electron chi connectivity index (χ1n) is 9.10. The summed E-state index contributed by atoms with van der Waals surface area (Å²) in [5, 5.41) is 15.3. The van der Waals surface area contributed by atoms with E-state index in [0.717, 1.165) is 37.3 Å². The fraction of sp³-hybridized carbons (Fsp3) is 0.421. The van der Waals surface area contributed by atoms with Crippen LogP contribution in [0.2, 0.25) is 0 Å². The predicted molar refractivity (Wildman–Crippen MR) is 102 cm³/mol. The molecule has 1 amide bonds. The van der Waals surface area contributed by atoms with Gasteiger partial charge in [-0.15, -0.1) is 0 Å². The minimum Gasteiger partial charge on any atom is -0.505 e. The molecule has 0 spiro atoms. The number of rotatable bonds is 6. The van der Waals surface area contributed by atoms with Gasteiger partial charge in [0.1, 0.15) is 5.82 Å². The van der Waals surface area contributed by atoms with Crippen molar-refractivity contribution >= 4 is 23.4 Å². The van der Waals surface area contributed by atoms with Gasteiger partial charge in [-0.2, -0.15) is 4.98 Å². The Labute approximate surface area is 157 Å². The van der Waals surface area contributed by atoms with Gasteiger partial charge in [0.25, 0.3) is 0 Å². The third-order valence-corrected chi connectivity index (χ3v) is 4.40. The molecule has 1 aromatic carbocycles. The molecule has 1 aliphatic rings. The van der Waals surface area contributed by atoms with Crippen LogP contribution in [0.1, 0.15) is 32.4 Å². The van der Waals surface area contributed by atoms with Gasteiger partial charge in [-0.3, -0.25) is 4.79 Å². The van der Waals surface area contributed by atoms with Gasteiger partial charge in [0, 0.05) is 49.6 Å². The molecule has 1 unspecified atom stereocenters. The Morgan fingerprint density at radius 1 is 1.37 bits per heavy atom. The van der Waals surface area contributed by atoms with Gasteiger partial charge >= 0.3 is 0 Å².